The molecule has 19 heavy (non-hydrogen) atoms. The Labute approximate surface area is 127 Å². The fourth-order valence-electron chi connectivity index (χ4n) is 1.14. The van der Waals surface area contributed by atoms with Gasteiger partial charge in [-0.2, -0.15) is 11.8 Å². The molecule has 0 aliphatic carbocycles. The predicted octanol–water partition coefficient (Wildman–Crippen LogP) is 2.21. The summed E-state index contributed by atoms with van der Waals surface area (Å²) in [6.45, 7) is 0.666. The molecule has 0 saturated carbocycles. The van der Waals surface area contributed by atoms with Gasteiger partial charge in [0.1, 0.15) is 10.1 Å². The van der Waals surface area contributed by atoms with Crippen LogP contribution in [0.25, 0.3) is 0 Å². The predicted molar refractivity (Wildman–Crippen MR) is 86.6 cm³/mol. The molecule has 1 heterocycles. The molecule has 0 atom stereocenters. The third-order valence-corrected chi connectivity index (χ3v) is 4.80. The second kappa shape index (κ2) is 9.28. The highest BCUT2D eigenvalue weighted by atomic mass is 32.2. The zero-order chi connectivity index (χ0) is 14.1. The van der Waals surface area contributed by atoms with Crippen LogP contribution in [0.3, 0.4) is 0 Å². The number of carbonyl (C=O) groups excluding carboxylic acids is 1. The van der Waals surface area contributed by atoms with Crippen molar-refractivity contribution in [1.29, 1.82) is 0 Å². The zero-order valence-electron chi connectivity index (χ0n) is 11.0. The quantitative estimate of drug-likeness (QED) is 0.614. The van der Waals surface area contributed by atoms with Crippen molar-refractivity contribution in [3.63, 3.8) is 0 Å². The SMILES string of the molecule is CN(C)C(=S)SCC(=O)NCCSCc1ccco1. The maximum atomic E-state index is 11.5. The van der Waals surface area contributed by atoms with Gasteiger partial charge in [-0.25, -0.2) is 0 Å². The average molecular weight is 318 g/mol. The van der Waals surface area contributed by atoms with Gasteiger partial charge in [0.15, 0.2) is 0 Å². The maximum Gasteiger partial charge on any atom is 0.230 e. The number of thiocarbonyl (C=S) groups is 1. The molecule has 0 unspecified atom stereocenters. The van der Waals surface area contributed by atoms with E-state index in [4.69, 9.17) is 16.6 Å². The number of carbonyl (C=O) groups is 1. The number of rotatable bonds is 7. The molecule has 0 aromatic carbocycles. The van der Waals surface area contributed by atoms with Crippen LogP contribution in [0.15, 0.2) is 22.8 Å². The van der Waals surface area contributed by atoms with Crippen LogP contribution >= 0.6 is 35.7 Å². The van der Waals surface area contributed by atoms with Gasteiger partial charge >= 0.3 is 0 Å². The van der Waals surface area contributed by atoms with E-state index in [1.165, 1.54) is 11.8 Å². The third-order valence-electron chi connectivity index (χ3n) is 2.08. The Morgan fingerprint density at radius 3 is 2.95 bits per heavy atom. The Kier molecular flexibility index (Phi) is 8.00. The van der Waals surface area contributed by atoms with E-state index in [-0.39, 0.29) is 5.91 Å². The summed E-state index contributed by atoms with van der Waals surface area (Å²) in [6.07, 6.45) is 1.67. The van der Waals surface area contributed by atoms with Crippen molar-refractivity contribution in [2.75, 3.05) is 32.1 Å². The Hall–Kier alpha value is -0.660. The molecule has 0 aliphatic rings. The van der Waals surface area contributed by atoms with E-state index >= 15 is 0 Å². The smallest absolute Gasteiger partial charge is 0.230 e. The summed E-state index contributed by atoms with van der Waals surface area (Å²) in [5.74, 6) is 3.06. The third kappa shape index (κ3) is 7.49. The molecule has 0 spiro atoms. The molecule has 4 nitrogen and oxygen atoms in total. The first kappa shape index (κ1) is 16.4. The molecule has 7 heteroatoms. The summed E-state index contributed by atoms with van der Waals surface area (Å²) in [5.41, 5.74) is 0. The molecule has 106 valence electrons. The number of furan rings is 1. The van der Waals surface area contributed by atoms with Crippen LogP contribution in [0, 0.1) is 0 Å². The van der Waals surface area contributed by atoms with Crippen molar-refractivity contribution in [2.45, 2.75) is 5.75 Å². The molecule has 1 N–H and O–H groups in total. The van der Waals surface area contributed by atoms with Crippen LogP contribution in [0.4, 0.5) is 0 Å². The van der Waals surface area contributed by atoms with Gasteiger partial charge in [-0.05, 0) is 12.1 Å². The highest BCUT2D eigenvalue weighted by Gasteiger charge is 2.05. The topological polar surface area (TPSA) is 45.5 Å². The monoisotopic (exact) mass is 318 g/mol. The molecule has 1 rings (SSSR count). The van der Waals surface area contributed by atoms with E-state index < -0.39 is 0 Å². The van der Waals surface area contributed by atoms with Gasteiger partial charge in [-0.3, -0.25) is 4.79 Å². The van der Waals surface area contributed by atoms with Gasteiger partial charge in [0.2, 0.25) is 5.91 Å². The first-order chi connectivity index (χ1) is 9.09. The number of amides is 1. The zero-order valence-corrected chi connectivity index (χ0v) is 13.5. The molecular formula is C12H18N2O2S3. The van der Waals surface area contributed by atoms with Crippen molar-refractivity contribution < 1.29 is 9.21 Å². The normalized spacial score (nSPS) is 10.2. The number of hydrogen-bond acceptors (Lipinski definition) is 5. The van der Waals surface area contributed by atoms with Crippen molar-refractivity contribution in [3.05, 3.63) is 24.2 Å². The Morgan fingerprint density at radius 2 is 2.32 bits per heavy atom. The Bertz CT molecular complexity index is 394. The van der Waals surface area contributed by atoms with Crippen LogP contribution in [0.2, 0.25) is 0 Å². The van der Waals surface area contributed by atoms with Crippen LogP contribution < -0.4 is 5.32 Å². The molecule has 0 saturated heterocycles. The minimum Gasteiger partial charge on any atom is -0.468 e. The van der Waals surface area contributed by atoms with E-state index in [9.17, 15) is 4.79 Å². The lowest BCUT2D eigenvalue weighted by molar-refractivity contribution is -0.118. The molecular weight excluding hydrogens is 300 g/mol. The molecule has 1 aromatic heterocycles. The van der Waals surface area contributed by atoms with E-state index in [2.05, 4.69) is 5.32 Å². The average Bonchev–Trinajstić information content (AvgIpc) is 2.88. The first-order valence-corrected chi connectivity index (χ1v) is 8.35. The lowest BCUT2D eigenvalue weighted by Crippen LogP contribution is -2.28. The summed E-state index contributed by atoms with van der Waals surface area (Å²) in [7, 11) is 3.75. The minimum atomic E-state index is 0.0211. The van der Waals surface area contributed by atoms with E-state index in [0.717, 1.165) is 21.6 Å². The summed E-state index contributed by atoms with van der Waals surface area (Å²) in [4.78, 5) is 13.3. The van der Waals surface area contributed by atoms with Crippen molar-refractivity contribution in [3.8, 4) is 0 Å². The Balaban J connectivity index is 2.00. The summed E-state index contributed by atoms with van der Waals surface area (Å²) >= 11 is 8.20. The second-order valence-corrected chi connectivity index (χ2v) is 6.65. The van der Waals surface area contributed by atoms with E-state index in [1.54, 1.807) is 18.0 Å². The van der Waals surface area contributed by atoms with Crippen LogP contribution in [-0.4, -0.2) is 47.3 Å². The summed E-state index contributed by atoms with van der Waals surface area (Å²) in [6, 6.07) is 3.83. The standard InChI is InChI=1S/C12H18N2O2S3/c1-14(2)12(17)19-9-11(15)13-5-7-18-8-10-4-3-6-16-10/h3-4,6H,5,7-9H2,1-2H3,(H,13,15). The van der Waals surface area contributed by atoms with Crippen LogP contribution in [-0.2, 0) is 10.5 Å². The van der Waals surface area contributed by atoms with Crippen molar-refractivity contribution in [2.24, 2.45) is 0 Å². The van der Waals surface area contributed by atoms with E-state index in [0.29, 0.717) is 12.3 Å². The molecule has 1 aromatic rings. The first-order valence-electron chi connectivity index (χ1n) is 5.80. The molecule has 0 aliphatic heterocycles. The fourth-order valence-corrected chi connectivity index (χ4v) is 2.69. The van der Waals surface area contributed by atoms with Gasteiger partial charge in [0.05, 0.1) is 17.8 Å². The lowest BCUT2D eigenvalue weighted by Gasteiger charge is -2.12. The molecule has 1 amide bonds. The highest BCUT2D eigenvalue weighted by Crippen LogP contribution is 2.11. The molecule has 0 fully saturated rings. The van der Waals surface area contributed by atoms with Crippen molar-refractivity contribution in [1.82, 2.24) is 10.2 Å². The molecule has 0 radical (unpaired) electrons. The summed E-state index contributed by atoms with van der Waals surface area (Å²) < 4.78 is 5.94. The number of thioether (sulfide) groups is 2. The largest absolute Gasteiger partial charge is 0.468 e. The van der Waals surface area contributed by atoms with Gasteiger partial charge in [0, 0.05) is 26.4 Å². The minimum absolute atomic E-state index is 0.0211. The highest BCUT2D eigenvalue weighted by molar-refractivity contribution is 8.23. The second-order valence-electron chi connectivity index (χ2n) is 3.93. The summed E-state index contributed by atoms with van der Waals surface area (Å²) in [5, 5.41) is 2.87. The van der Waals surface area contributed by atoms with E-state index in [1.807, 2.05) is 31.1 Å². The van der Waals surface area contributed by atoms with Crippen molar-refractivity contribution >= 4 is 46.0 Å². The fraction of sp³-hybridized carbons (Fsp3) is 0.500. The van der Waals surface area contributed by atoms with Gasteiger partial charge in [-0.1, -0.05) is 24.0 Å². The van der Waals surface area contributed by atoms with Gasteiger partial charge < -0.3 is 14.6 Å². The number of nitrogens with one attached hydrogen (secondary N) is 1. The Morgan fingerprint density at radius 1 is 1.53 bits per heavy atom. The number of nitrogens with zero attached hydrogens (tertiary/aromatic N) is 1. The van der Waals surface area contributed by atoms with Gasteiger partial charge in [-0.15, -0.1) is 0 Å². The number of hydrogen-bond donors (Lipinski definition) is 1. The molecule has 0 bridgehead atoms. The van der Waals surface area contributed by atoms with Gasteiger partial charge in [0.25, 0.3) is 0 Å². The maximum absolute atomic E-state index is 11.5. The van der Waals surface area contributed by atoms with Crippen LogP contribution in [0.5, 0.6) is 0 Å². The van der Waals surface area contributed by atoms with Crippen LogP contribution in [0.1, 0.15) is 5.76 Å². The lowest BCUT2D eigenvalue weighted by atomic mass is 10.5.